The number of nitrogens with two attached hydrogens (primary N) is 1. The monoisotopic (exact) mass is 217 g/mol. The van der Waals surface area contributed by atoms with Crippen molar-refractivity contribution in [2.45, 2.75) is 6.42 Å². The van der Waals surface area contributed by atoms with Crippen molar-refractivity contribution < 1.29 is 0 Å². The van der Waals surface area contributed by atoms with Crippen LogP contribution in [0.25, 0.3) is 0 Å². The summed E-state index contributed by atoms with van der Waals surface area (Å²) in [5, 5.41) is 7.47. The van der Waals surface area contributed by atoms with E-state index in [0.29, 0.717) is 0 Å². The summed E-state index contributed by atoms with van der Waals surface area (Å²) >= 11 is 0. The van der Waals surface area contributed by atoms with Crippen molar-refractivity contribution in [1.82, 2.24) is 14.8 Å². The zero-order valence-corrected chi connectivity index (χ0v) is 9.22. The molecule has 2 aromatic rings. The summed E-state index contributed by atoms with van der Waals surface area (Å²) in [7, 11) is 1.86. The van der Waals surface area contributed by atoms with E-state index in [2.05, 4.69) is 15.4 Å². The molecular formula is C11H15N5. The fraction of sp³-hybridized carbons (Fsp3) is 0.273. The van der Waals surface area contributed by atoms with Crippen molar-refractivity contribution in [2.24, 2.45) is 7.05 Å². The lowest BCUT2D eigenvalue weighted by atomic mass is 10.3. The van der Waals surface area contributed by atoms with Crippen molar-refractivity contribution in [2.75, 3.05) is 17.6 Å². The van der Waals surface area contributed by atoms with Crippen LogP contribution in [-0.2, 0) is 13.5 Å². The second-order valence-electron chi connectivity index (χ2n) is 3.64. The molecule has 0 aliphatic heterocycles. The van der Waals surface area contributed by atoms with E-state index in [-0.39, 0.29) is 0 Å². The summed E-state index contributed by atoms with van der Waals surface area (Å²) in [5.41, 5.74) is 7.47. The number of anilines is 2. The van der Waals surface area contributed by atoms with E-state index in [0.717, 1.165) is 30.2 Å². The third kappa shape index (κ3) is 2.73. The van der Waals surface area contributed by atoms with Crippen LogP contribution in [0.5, 0.6) is 0 Å². The lowest BCUT2D eigenvalue weighted by Crippen LogP contribution is -2.06. The standard InChI is InChI=1S/C11H15N5/c1-16-8-14-11(15-16)5-6-13-10-4-2-3-9(12)7-10/h2-4,7-8,13H,5-6,12H2,1H3. The first-order valence-electron chi connectivity index (χ1n) is 5.18. The maximum absolute atomic E-state index is 5.68. The largest absolute Gasteiger partial charge is 0.399 e. The summed E-state index contributed by atoms with van der Waals surface area (Å²) < 4.78 is 1.70. The average molecular weight is 217 g/mol. The Bertz CT molecular complexity index is 463. The number of aryl methyl sites for hydroxylation is 1. The summed E-state index contributed by atoms with van der Waals surface area (Å²) in [5.74, 6) is 0.846. The molecule has 0 amide bonds. The van der Waals surface area contributed by atoms with Crippen LogP contribution < -0.4 is 11.1 Å². The molecule has 84 valence electrons. The minimum atomic E-state index is 0.765. The third-order valence-corrected chi connectivity index (χ3v) is 2.21. The maximum Gasteiger partial charge on any atom is 0.152 e. The highest BCUT2D eigenvalue weighted by Gasteiger charge is 1.98. The SMILES string of the molecule is Cn1cnc(CCNc2cccc(N)c2)n1. The number of rotatable bonds is 4. The van der Waals surface area contributed by atoms with Crippen LogP contribution in [0.3, 0.4) is 0 Å². The van der Waals surface area contributed by atoms with Crippen molar-refractivity contribution in [3.05, 3.63) is 36.4 Å². The van der Waals surface area contributed by atoms with E-state index in [9.17, 15) is 0 Å². The molecular weight excluding hydrogens is 202 g/mol. The minimum absolute atomic E-state index is 0.765. The highest BCUT2D eigenvalue weighted by atomic mass is 15.3. The highest BCUT2D eigenvalue weighted by Crippen LogP contribution is 2.11. The Balaban J connectivity index is 1.84. The quantitative estimate of drug-likeness (QED) is 0.751. The first kappa shape index (κ1) is 10.5. The molecule has 0 saturated carbocycles. The molecule has 0 bridgehead atoms. The summed E-state index contributed by atoms with van der Waals surface area (Å²) in [4.78, 5) is 4.15. The zero-order chi connectivity index (χ0) is 11.4. The highest BCUT2D eigenvalue weighted by molar-refractivity contribution is 5.53. The lowest BCUT2D eigenvalue weighted by molar-refractivity contribution is 0.742. The van der Waals surface area contributed by atoms with Gasteiger partial charge in [0.2, 0.25) is 0 Å². The first-order valence-corrected chi connectivity index (χ1v) is 5.18. The Hall–Kier alpha value is -2.04. The van der Waals surface area contributed by atoms with Gasteiger partial charge in [-0.25, -0.2) is 4.98 Å². The van der Waals surface area contributed by atoms with Gasteiger partial charge in [0.1, 0.15) is 6.33 Å². The topological polar surface area (TPSA) is 68.8 Å². The summed E-state index contributed by atoms with van der Waals surface area (Å²) in [6.07, 6.45) is 2.51. The van der Waals surface area contributed by atoms with Gasteiger partial charge in [0.05, 0.1) is 0 Å². The molecule has 3 N–H and O–H groups in total. The molecule has 0 aliphatic rings. The Morgan fingerprint density at radius 2 is 2.31 bits per heavy atom. The van der Waals surface area contributed by atoms with E-state index < -0.39 is 0 Å². The molecule has 0 spiro atoms. The van der Waals surface area contributed by atoms with Gasteiger partial charge in [0.15, 0.2) is 5.82 Å². The zero-order valence-electron chi connectivity index (χ0n) is 9.22. The molecule has 16 heavy (non-hydrogen) atoms. The van der Waals surface area contributed by atoms with Gasteiger partial charge in [-0.1, -0.05) is 6.07 Å². The number of aromatic nitrogens is 3. The van der Waals surface area contributed by atoms with Crippen molar-refractivity contribution in [3.63, 3.8) is 0 Å². The van der Waals surface area contributed by atoms with E-state index in [1.54, 1.807) is 11.0 Å². The molecule has 0 aliphatic carbocycles. The Morgan fingerprint density at radius 3 is 3.00 bits per heavy atom. The van der Waals surface area contributed by atoms with E-state index in [1.807, 2.05) is 31.3 Å². The molecule has 1 heterocycles. The van der Waals surface area contributed by atoms with Crippen LogP contribution >= 0.6 is 0 Å². The fourth-order valence-corrected chi connectivity index (χ4v) is 1.47. The first-order chi connectivity index (χ1) is 7.74. The van der Waals surface area contributed by atoms with E-state index in [1.165, 1.54) is 0 Å². The Morgan fingerprint density at radius 1 is 1.44 bits per heavy atom. The number of hydrogen-bond donors (Lipinski definition) is 2. The van der Waals surface area contributed by atoms with Gasteiger partial charge >= 0.3 is 0 Å². The smallest absolute Gasteiger partial charge is 0.152 e. The van der Waals surface area contributed by atoms with Crippen LogP contribution in [0, 0.1) is 0 Å². The van der Waals surface area contributed by atoms with Gasteiger partial charge in [0.25, 0.3) is 0 Å². The van der Waals surface area contributed by atoms with Gasteiger partial charge in [-0.2, -0.15) is 5.10 Å². The van der Waals surface area contributed by atoms with Crippen LogP contribution in [0.4, 0.5) is 11.4 Å². The second-order valence-corrected chi connectivity index (χ2v) is 3.64. The molecule has 5 heteroatoms. The molecule has 0 saturated heterocycles. The molecule has 0 unspecified atom stereocenters. The Kier molecular flexibility index (Phi) is 3.05. The molecule has 0 radical (unpaired) electrons. The molecule has 0 atom stereocenters. The molecule has 5 nitrogen and oxygen atoms in total. The Labute approximate surface area is 94.3 Å². The van der Waals surface area contributed by atoms with Crippen molar-refractivity contribution in [1.29, 1.82) is 0 Å². The number of nitrogens with one attached hydrogen (secondary N) is 1. The maximum atomic E-state index is 5.68. The predicted octanol–water partition coefficient (Wildman–Crippen LogP) is 1.05. The van der Waals surface area contributed by atoms with Gasteiger partial charge in [0, 0.05) is 31.4 Å². The molecule has 1 aromatic heterocycles. The van der Waals surface area contributed by atoms with Gasteiger partial charge < -0.3 is 11.1 Å². The van der Waals surface area contributed by atoms with Crippen LogP contribution in [0.2, 0.25) is 0 Å². The number of hydrogen-bond acceptors (Lipinski definition) is 4. The lowest BCUT2D eigenvalue weighted by Gasteiger charge is -2.05. The number of nitrogen functional groups attached to an aromatic ring is 1. The van der Waals surface area contributed by atoms with Gasteiger partial charge in [-0.3, -0.25) is 4.68 Å². The minimum Gasteiger partial charge on any atom is -0.399 e. The van der Waals surface area contributed by atoms with Crippen LogP contribution in [0.15, 0.2) is 30.6 Å². The van der Waals surface area contributed by atoms with Gasteiger partial charge in [-0.15, -0.1) is 0 Å². The average Bonchev–Trinajstić information content (AvgIpc) is 2.64. The predicted molar refractivity (Wildman–Crippen MR) is 64.1 cm³/mol. The number of nitrogens with zero attached hydrogens (tertiary/aromatic N) is 3. The van der Waals surface area contributed by atoms with Crippen LogP contribution in [-0.4, -0.2) is 21.3 Å². The summed E-state index contributed by atoms with van der Waals surface area (Å²) in [6.45, 7) is 0.799. The van der Waals surface area contributed by atoms with E-state index in [4.69, 9.17) is 5.73 Å². The summed E-state index contributed by atoms with van der Waals surface area (Å²) in [6, 6.07) is 7.69. The van der Waals surface area contributed by atoms with Crippen molar-refractivity contribution in [3.8, 4) is 0 Å². The normalized spacial score (nSPS) is 10.3. The fourth-order valence-electron chi connectivity index (χ4n) is 1.47. The molecule has 1 aromatic carbocycles. The number of benzene rings is 1. The molecule has 0 fully saturated rings. The van der Waals surface area contributed by atoms with Crippen molar-refractivity contribution >= 4 is 11.4 Å². The van der Waals surface area contributed by atoms with Gasteiger partial charge in [-0.05, 0) is 18.2 Å². The second kappa shape index (κ2) is 4.65. The molecule has 2 rings (SSSR count). The van der Waals surface area contributed by atoms with E-state index >= 15 is 0 Å². The third-order valence-electron chi connectivity index (χ3n) is 2.21. The van der Waals surface area contributed by atoms with Crippen LogP contribution in [0.1, 0.15) is 5.82 Å².